The average molecular weight is 260 g/mol. The van der Waals surface area contributed by atoms with Crippen molar-refractivity contribution in [2.45, 2.75) is 32.9 Å². The molecule has 2 rings (SSSR count). The third-order valence-electron chi connectivity index (χ3n) is 2.69. The first-order chi connectivity index (χ1) is 8.98. The quantitative estimate of drug-likeness (QED) is 0.916. The lowest BCUT2D eigenvalue weighted by Crippen LogP contribution is -2.35. The van der Waals surface area contributed by atoms with Crippen LogP contribution in [0.2, 0.25) is 0 Å². The van der Waals surface area contributed by atoms with Crippen molar-refractivity contribution in [2.24, 2.45) is 0 Å². The number of hydrogen-bond donors (Lipinski definition) is 1. The first kappa shape index (κ1) is 13.6. The molecule has 4 heteroatoms. The van der Waals surface area contributed by atoms with E-state index in [1.807, 2.05) is 24.3 Å². The Balaban J connectivity index is 2.07. The first-order valence-electron chi connectivity index (χ1n) is 6.32. The highest BCUT2D eigenvalue weighted by Gasteiger charge is 2.11. The third-order valence-corrected chi connectivity index (χ3v) is 2.69. The second kappa shape index (κ2) is 5.45. The Morgan fingerprint density at radius 3 is 2.47 bits per heavy atom. The SMILES string of the molecule is COc1ccc(-c2nc(CNC(C)(C)C)co2)cc1. The highest BCUT2D eigenvalue weighted by Crippen LogP contribution is 2.21. The number of nitrogens with one attached hydrogen (secondary N) is 1. The number of aromatic nitrogens is 1. The number of hydrogen-bond acceptors (Lipinski definition) is 4. The molecule has 102 valence electrons. The molecule has 0 unspecified atom stereocenters. The molecule has 0 radical (unpaired) electrons. The maximum atomic E-state index is 5.50. The van der Waals surface area contributed by atoms with Gasteiger partial charge in [0.05, 0.1) is 12.8 Å². The van der Waals surface area contributed by atoms with Gasteiger partial charge in [0.2, 0.25) is 5.89 Å². The summed E-state index contributed by atoms with van der Waals surface area (Å²) in [6.45, 7) is 7.07. The molecular weight excluding hydrogens is 240 g/mol. The van der Waals surface area contributed by atoms with Gasteiger partial charge in [-0.05, 0) is 45.0 Å². The minimum absolute atomic E-state index is 0.0687. The van der Waals surface area contributed by atoms with Crippen LogP contribution in [0, 0.1) is 0 Å². The van der Waals surface area contributed by atoms with Gasteiger partial charge < -0.3 is 14.5 Å². The topological polar surface area (TPSA) is 47.3 Å². The summed E-state index contributed by atoms with van der Waals surface area (Å²) >= 11 is 0. The lowest BCUT2D eigenvalue weighted by Gasteiger charge is -2.19. The molecule has 19 heavy (non-hydrogen) atoms. The van der Waals surface area contributed by atoms with Gasteiger partial charge in [-0.15, -0.1) is 0 Å². The maximum Gasteiger partial charge on any atom is 0.226 e. The van der Waals surface area contributed by atoms with Crippen molar-refractivity contribution in [3.63, 3.8) is 0 Å². The summed E-state index contributed by atoms with van der Waals surface area (Å²) in [4.78, 5) is 4.47. The molecule has 0 saturated heterocycles. The van der Waals surface area contributed by atoms with Crippen LogP contribution in [0.1, 0.15) is 26.5 Å². The zero-order valence-electron chi connectivity index (χ0n) is 11.9. The summed E-state index contributed by atoms with van der Waals surface area (Å²) in [7, 11) is 1.65. The van der Waals surface area contributed by atoms with Crippen molar-refractivity contribution in [3.8, 4) is 17.2 Å². The van der Waals surface area contributed by atoms with Crippen LogP contribution in [-0.2, 0) is 6.54 Å². The van der Waals surface area contributed by atoms with Crippen LogP contribution < -0.4 is 10.1 Å². The van der Waals surface area contributed by atoms with Crippen LogP contribution in [0.4, 0.5) is 0 Å². The highest BCUT2D eigenvalue weighted by atomic mass is 16.5. The maximum absolute atomic E-state index is 5.50. The predicted octanol–water partition coefficient (Wildman–Crippen LogP) is 3.24. The molecule has 0 bridgehead atoms. The molecule has 1 aromatic heterocycles. The molecule has 0 spiro atoms. The van der Waals surface area contributed by atoms with Gasteiger partial charge in [0.25, 0.3) is 0 Å². The Bertz CT molecular complexity index is 524. The van der Waals surface area contributed by atoms with E-state index in [0.717, 1.165) is 17.0 Å². The third kappa shape index (κ3) is 3.83. The Labute approximate surface area is 113 Å². The fraction of sp³-hybridized carbons (Fsp3) is 0.400. The van der Waals surface area contributed by atoms with Crippen LogP contribution in [0.3, 0.4) is 0 Å². The molecule has 0 atom stereocenters. The van der Waals surface area contributed by atoms with Gasteiger partial charge in [0.15, 0.2) is 0 Å². The number of benzene rings is 1. The second-order valence-electron chi connectivity index (χ2n) is 5.48. The molecular formula is C15H20N2O2. The van der Waals surface area contributed by atoms with Gasteiger partial charge in [0.1, 0.15) is 12.0 Å². The molecule has 0 aliphatic heterocycles. The first-order valence-corrected chi connectivity index (χ1v) is 6.32. The van der Waals surface area contributed by atoms with E-state index in [1.165, 1.54) is 0 Å². The van der Waals surface area contributed by atoms with E-state index in [-0.39, 0.29) is 5.54 Å². The van der Waals surface area contributed by atoms with E-state index in [2.05, 4.69) is 31.1 Å². The zero-order valence-corrected chi connectivity index (χ0v) is 11.9. The Morgan fingerprint density at radius 2 is 1.89 bits per heavy atom. The van der Waals surface area contributed by atoms with E-state index < -0.39 is 0 Å². The van der Waals surface area contributed by atoms with Crippen LogP contribution >= 0.6 is 0 Å². The summed E-state index contributed by atoms with van der Waals surface area (Å²) < 4.78 is 10.6. The van der Waals surface area contributed by atoms with Gasteiger partial charge >= 0.3 is 0 Å². The minimum atomic E-state index is 0.0687. The molecule has 4 nitrogen and oxygen atoms in total. The molecule has 0 aliphatic carbocycles. The number of oxazole rings is 1. The standard InChI is InChI=1S/C15H20N2O2/c1-15(2,3)16-9-12-10-19-14(17-12)11-5-7-13(18-4)8-6-11/h5-8,10,16H,9H2,1-4H3. The average Bonchev–Trinajstić information content (AvgIpc) is 2.84. The predicted molar refractivity (Wildman–Crippen MR) is 75.1 cm³/mol. The molecule has 0 saturated carbocycles. The summed E-state index contributed by atoms with van der Waals surface area (Å²) in [5.74, 6) is 1.46. The molecule has 1 N–H and O–H groups in total. The summed E-state index contributed by atoms with van der Waals surface area (Å²) in [5, 5.41) is 3.38. The summed E-state index contributed by atoms with van der Waals surface area (Å²) in [5.41, 5.74) is 1.92. The Morgan fingerprint density at radius 1 is 1.21 bits per heavy atom. The fourth-order valence-corrected chi connectivity index (χ4v) is 1.61. The van der Waals surface area contributed by atoms with E-state index >= 15 is 0 Å². The largest absolute Gasteiger partial charge is 0.497 e. The van der Waals surface area contributed by atoms with Crippen LogP contribution in [0.5, 0.6) is 5.75 Å². The Kier molecular flexibility index (Phi) is 3.90. The van der Waals surface area contributed by atoms with Crippen molar-refractivity contribution in [3.05, 3.63) is 36.2 Å². The summed E-state index contributed by atoms with van der Waals surface area (Å²) in [6, 6.07) is 7.66. The van der Waals surface area contributed by atoms with Crippen molar-refractivity contribution < 1.29 is 9.15 Å². The summed E-state index contributed by atoms with van der Waals surface area (Å²) in [6.07, 6.45) is 1.69. The molecule has 1 heterocycles. The number of ether oxygens (including phenoxy) is 1. The molecule has 0 amide bonds. The van der Waals surface area contributed by atoms with Gasteiger partial charge in [0, 0.05) is 17.6 Å². The number of methoxy groups -OCH3 is 1. The number of nitrogens with zero attached hydrogens (tertiary/aromatic N) is 1. The lowest BCUT2D eigenvalue weighted by molar-refractivity contribution is 0.415. The van der Waals surface area contributed by atoms with E-state index in [4.69, 9.17) is 9.15 Å². The van der Waals surface area contributed by atoms with E-state index in [9.17, 15) is 0 Å². The second-order valence-corrected chi connectivity index (χ2v) is 5.48. The van der Waals surface area contributed by atoms with Gasteiger partial charge in [-0.25, -0.2) is 4.98 Å². The molecule has 0 fully saturated rings. The molecule has 0 aliphatic rings. The molecule has 2 aromatic rings. The molecule has 1 aromatic carbocycles. The van der Waals surface area contributed by atoms with Crippen molar-refractivity contribution >= 4 is 0 Å². The van der Waals surface area contributed by atoms with Crippen LogP contribution in [0.15, 0.2) is 34.9 Å². The zero-order chi connectivity index (χ0) is 13.9. The van der Waals surface area contributed by atoms with Crippen molar-refractivity contribution in [2.75, 3.05) is 7.11 Å². The lowest BCUT2D eigenvalue weighted by atomic mass is 10.1. The van der Waals surface area contributed by atoms with E-state index in [0.29, 0.717) is 12.4 Å². The fourth-order valence-electron chi connectivity index (χ4n) is 1.61. The van der Waals surface area contributed by atoms with Gasteiger partial charge in [-0.1, -0.05) is 0 Å². The van der Waals surface area contributed by atoms with Crippen LogP contribution in [0.25, 0.3) is 11.5 Å². The Hall–Kier alpha value is -1.81. The van der Waals surface area contributed by atoms with Crippen molar-refractivity contribution in [1.29, 1.82) is 0 Å². The van der Waals surface area contributed by atoms with Gasteiger partial charge in [-0.3, -0.25) is 0 Å². The monoisotopic (exact) mass is 260 g/mol. The van der Waals surface area contributed by atoms with Gasteiger partial charge in [-0.2, -0.15) is 0 Å². The normalized spacial score (nSPS) is 11.6. The minimum Gasteiger partial charge on any atom is -0.497 e. The van der Waals surface area contributed by atoms with Crippen LogP contribution in [-0.4, -0.2) is 17.6 Å². The van der Waals surface area contributed by atoms with E-state index in [1.54, 1.807) is 13.4 Å². The van der Waals surface area contributed by atoms with Crippen molar-refractivity contribution in [1.82, 2.24) is 10.3 Å². The number of rotatable bonds is 4. The smallest absolute Gasteiger partial charge is 0.226 e. The highest BCUT2D eigenvalue weighted by molar-refractivity contribution is 5.54.